The summed E-state index contributed by atoms with van der Waals surface area (Å²) in [6.07, 6.45) is -4.78. The van der Waals surface area contributed by atoms with E-state index in [-0.39, 0.29) is 18.0 Å². The van der Waals surface area contributed by atoms with Crippen molar-refractivity contribution in [1.29, 1.82) is 0 Å². The quantitative estimate of drug-likeness (QED) is 0.489. The van der Waals surface area contributed by atoms with Crippen molar-refractivity contribution in [2.45, 2.75) is 18.6 Å². The molecule has 2 N–H and O–H groups in total. The van der Waals surface area contributed by atoms with Crippen molar-refractivity contribution in [1.82, 2.24) is 10.2 Å². The topological polar surface area (TPSA) is 78.5 Å². The number of rotatable bonds is 8. The molecule has 3 aromatic rings. The minimum Gasteiger partial charge on any atom is -0.345 e. The number of nitrogens with one attached hydrogen (secondary N) is 2. The van der Waals surface area contributed by atoms with Crippen molar-refractivity contribution in [3.05, 3.63) is 102 Å². The van der Waals surface area contributed by atoms with Gasteiger partial charge >= 0.3 is 6.18 Å². The molecule has 0 spiro atoms. The van der Waals surface area contributed by atoms with Crippen LogP contribution in [0.25, 0.3) is 0 Å². The third-order valence-corrected chi connectivity index (χ3v) is 5.24. The highest BCUT2D eigenvalue weighted by atomic mass is 19.4. The van der Waals surface area contributed by atoms with E-state index in [2.05, 4.69) is 10.6 Å². The minimum absolute atomic E-state index is 0.147. The third-order valence-electron chi connectivity index (χ3n) is 5.24. The molecule has 1 atom stereocenters. The van der Waals surface area contributed by atoms with Crippen LogP contribution >= 0.6 is 0 Å². The van der Waals surface area contributed by atoms with E-state index in [9.17, 15) is 27.6 Å². The molecule has 35 heavy (non-hydrogen) atoms. The predicted octanol–water partition coefficient (Wildman–Crippen LogP) is 4.66. The predicted molar refractivity (Wildman–Crippen MR) is 125 cm³/mol. The van der Waals surface area contributed by atoms with Crippen molar-refractivity contribution >= 4 is 23.4 Å². The zero-order valence-electron chi connectivity index (χ0n) is 18.9. The summed E-state index contributed by atoms with van der Waals surface area (Å²) >= 11 is 0. The smallest absolute Gasteiger partial charge is 0.345 e. The Bertz CT molecular complexity index is 1170. The Kier molecular flexibility index (Phi) is 8.25. The van der Waals surface area contributed by atoms with Gasteiger partial charge in [-0.2, -0.15) is 13.2 Å². The molecule has 182 valence electrons. The molecule has 0 fully saturated rings. The Morgan fingerprint density at radius 3 is 2.06 bits per heavy atom. The first-order valence-electron chi connectivity index (χ1n) is 10.8. The number of carbonyl (C=O) groups excluding carboxylic acids is 3. The van der Waals surface area contributed by atoms with E-state index in [1.165, 1.54) is 19.2 Å². The number of hydrogen-bond acceptors (Lipinski definition) is 3. The highest BCUT2D eigenvalue weighted by molar-refractivity contribution is 5.96. The van der Waals surface area contributed by atoms with Crippen LogP contribution in [0.4, 0.5) is 18.9 Å². The van der Waals surface area contributed by atoms with Crippen molar-refractivity contribution in [2.75, 3.05) is 18.9 Å². The molecule has 0 aliphatic rings. The maximum absolute atomic E-state index is 13.2. The fourth-order valence-corrected chi connectivity index (χ4v) is 3.43. The average Bonchev–Trinajstić information content (AvgIpc) is 2.84. The number of nitrogens with zero attached hydrogens (tertiary/aromatic N) is 1. The molecule has 3 rings (SSSR count). The highest BCUT2D eigenvalue weighted by Gasteiger charge is 2.33. The van der Waals surface area contributed by atoms with Gasteiger partial charge in [0.25, 0.3) is 5.91 Å². The van der Waals surface area contributed by atoms with E-state index >= 15 is 0 Å². The van der Waals surface area contributed by atoms with Crippen LogP contribution in [0.3, 0.4) is 0 Å². The van der Waals surface area contributed by atoms with Gasteiger partial charge in [0.2, 0.25) is 11.8 Å². The number of halogens is 3. The average molecular weight is 483 g/mol. The number of benzene rings is 3. The number of carbonyl (C=O) groups is 3. The largest absolute Gasteiger partial charge is 0.418 e. The van der Waals surface area contributed by atoms with E-state index in [0.29, 0.717) is 11.1 Å². The Hall–Kier alpha value is -4.14. The van der Waals surface area contributed by atoms with Crippen molar-refractivity contribution in [3.63, 3.8) is 0 Å². The lowest BCUT2D eigenvalue weighted by Gasteiger charge is -2.23. The molecule has 0 heterocycles. The van der Waals surface area contributed by atoms with Crippen LogP contribution in [0.5, 0.6) is 0 Å². The standard InChI is InChI=1S/C26H24F3N3O3/c1-32(17-23(33)30-21-15-9-8-14-20(21)26(27,28)29)24(34)16-22(18-10-4-2-5-11-18)31-25(35)19-12-6-3-7-13-19/h2-15,22H,16-17H2,1H3,(H,30,33)(H,31,35). The molecule has 9 heteroatoms. The van der Waals surface area contributed by atoms with E-state index in [0.717, 1.165) is 17.0 Å². The van der Waals surface area contributed by atoms with Crippen LogP contribution < -0.4 is 10.6 Å². The van der Waals surface area contributed by atoms with Crippen LogP contribution in [0.1, 0.15) is 33.9 Å². The molecule has 0 aliphatic heterocycles. The number of likely N-dealkylation sites (N-methyl/N-ethyl adjacent to an activating group) is 1. The first-order chi connectivity index (χ1) is 16.6. The third kappa shape index (κ3) is 7.17. The normalized spacial score (nSPS) is 11.9. The van der Waals surface area contributed by atoms with Crippen molar-refractivity contribution < 1.29 is 27.6 Å². The van der Waals surface area contributed by atoms with E-state index in [1.54, 1.807) is 60.7 Å². The van der Waals surface area contributed by atoms with Gasteiger partial charge in [-0.1, -0.05) is 60.7 Å². The summed E-state index contributed by atoms with van der Waals surface area (Å²) in [5.41, 5.74) is -0.239. The van der Waals surface area contributed by atoms with Gasteiger partial charge in [0.1, 0.15) is 0 Å². The summed E-state index contributed by atoms with van der Waals surface area (Å²) in [5, 5.41) is 5.06. The van der Waals surface area contributed by atoms with Gasteiger partial charge in [0.15, 0.2) is 0 Å². The lowest BCUT2D eigenvalue weighted by Crippen LogP contribution is -2.38. The molecule has 1 unspecified atom stereocenters. The first-order valence-corrected chi connectivity index (χ1v) is 10.8. The van der Waals surface area contributed by atoms with Crippen LogP contribution in [-0.4, -0.2) is 36.2 Å². The second kappa shape index (κ2) is 11.3. The fourth-order valence-electron chi connectivity index (χ4n) is 3.43. The molecular formula is C26H24F3N3O3. The lowest BCUT2D eigenvalue weighted by atomic mass is 10.0. The maximum atomic E-state index is 13.2. The summed E-state index contributed by atoms with van der Waals surface area (Å²) in [6.45, 7) is -0.459. The zero-order valence-corrected chi connectivity index (χ0v) is 18.9. The van der Waals surface area contributed by atoms with E-state index in [1.807, 2.05) is 0 Å². The van der Waals surface area contributed by atoms with Crippen molar-refractivity contribution in [3.8, 4) is 0 Å². The molecule has 0 aromatic heterocycles. The van der Waals surface area contributed by atoms with Gasteiger partial charge < -0.3 is 15.5 Å². The zero-order chi connectivity index (χ0) is 25.4. The van der Waals surface area contributed by atoms with E-state index in [4.69, 9.17) is 0 Å². The number of amides is 3. The Balaban J connectivity index is 1.67. The minimum atomic E-state index is -4.63. The molecule has 6 nitrogen and oxygen atoms in total. The number of para-hydroxylation sites is 1. The summed E-state index contributed by atoms with van der Waals surface area (Å²) in [6, 6.07) is 21.3. The van der Waals surface area contributed by atoms with Gasteiger partial charge in [-0.05, 0) is 29.8 Å². The number of hydrogen-bond donors (Lipinski definition) is 2. The first kappa shape index (κ1) is 25.5. The molecule has 0 saturated heterocycles. The molecule has 3 amide bonds. The molecule has 0 aliphatic carbocycles. The second-order valence-electron chi connectivity index (χ2n) is 7.85. The van der Waals surface area contributed by atoms with Crippen LogP contribution in [0, 0.1) is 0 Å². The SMILES string of the molecule is CN(CC(=O)Nc1ccccc1C(F)(F)F)C(=O)CC(NC(=O)c1ccccc1)c1ccccc1. The van der Waals surface area contributed by atoms with Gasteiger partial charge in [-0.3, -0.25) is 14.4 Å². The molecule has 3 aromatic carbocycles. The Labute approximate surface area is 200 Å². The molecular weight excluding hydrogens is 459 g/mol. The van der Waals surface area contributed by atoms with Gasteiger partial charge in [-0.25, -0.2) is 0 Å². The second-order valence-corrected chi connectivity index (χ2v) is 7.85. The van der Waals surface area contributed by atoms with Crippen LogP contribution in [0.15, 0.2) is 84.9 Å². The summed E-state index contributed by atoms with van der Waals surface area (Å²) in [7, 11) is 1.37. The summed E-state index contributed by atoms with van der Waals surface area (Å²) in [5.74, 6) is -1.61. The van der Waals surface area contributed by atoms with Crippen LogP contribution in [-0.2, 0) is 15.8 Å². The lowest BCUT2D eigenvalue weighted by molar-refractivity contribution is -0.137. The fraction of sp³-hybridized carbons (Fsp3) is 0.192. The Morgan fingerprint density at radius 1 is 0.857 bits per heavy atom. The summed E-state index contributed by atoms with van der Waals surface area (Å²) < 4.78 is 39.5. The number of alkyl halides is 3. The van der Waals surface area contributed by atoms with Crippen molar-refractivity contribution in [2.24, 2.45) is 0 Å². The van der Waals surface area contributed by atoms with Gasteiger partial charge in [-0.15, -0.1) is 0 Å². The summed E-state index contributed by atoms with van der Waals surface area (Å²) in [4.78, 5) is 39.0. The van der Waals surface area contributed by atoms with E-state index < -0.39 is 36.1 Å². The number of anilines is 1. The molecule has 0 radical (unpaired) electrons. The highest BCUT2D eigenvalue weighted by Crippen LogP contribution is 2.34. The molecule has 0 bridgehead atoms. The maximum Gasteiger partial charge on any atom is 0.418 e. The monoisotopic (exact) mass is 483 g/mol. The van der Waals surface area contributed by atoms with Gasteiger partial charge in [0, 0.05) is 12.6 Å². The van der Waals surface area contributed by atoms with Crippen LogP contribution in [0.2, 0.25) is 0 Å². The molecule has 0 saturated carbocycles. The Morgan fingerprint density at radius 2 is 1.43 bits per heavy atom. The van der Waals surface area contributed by atoms with Gasteiger partial charge in [0.05, 0.1) is 30.3 Å².